The molecule has 10 heteroatoms. The van der Waals surface area contributed by atoms with Crippen molar-refractivity contribution >= 4 is 34.8 Å². The molecule has 1 saturated heterocycles. The van der Waals surface area contributed by atoms with E-state index in [1.54, 1.807) is 45.2 Å². The summed E-state index contributed by atoms with van der Waals surface area (Å²) in [6, 6.07) is 3.27. The molecule has 2 N–H and O–H groups in total. The highest BCUT2D eigenvalue weighted by atomic mass is 32.1. The van der Waals surface area contributed by atoms with Crippen molar-refractivity contribution in [2.75, 3.05) is 6.61 Å². The van der Waals surface area contributed by atoms with Gasteiger partial charge in [-0.25, -0.2) is 4.79 Å². The second-order valence-corrected chi connectivity index (χ2v) is 13.0. The van der Waals surface area contributed by atoms with Gasteiger partial charge in [-0.3, -0.25) is 14.4 Å². The van der Waals surface area contributed by atoms with Crippen LogP contribution in [0.1, 0.15) is 64.1 Å². The minimum Gasteiger partial charge on any atom is -0.455 e. The molecule has 0 amide bonds. The topological polar surface area (TPSA) is 136 Å². The SMILES string of the molecule is CC(=O)OC12COC1C[C@H](C)[C@@]1(C)C(=O)C(O)C3=C(C)C(=O)CC(O)(C(OC(=O)c4cccs4)C21)C3(C)C. The molecular weight excluding hydrogens is 512 g/mol. The predicted molar refractivity (Wildman–Crippen MR) is 135 cm³/mol. The Kier molecular flexibility index (Phi) is 6.11. The predicted octanol–water partition coefficient (Wildman–Crippen LogP) is 2.63. The van der Waals surface area contributed by atoms with Gasteiger partial charge < -0.3 is 24.4 Å². The van der Waals surface area contributed by atoms with Gasteiger partial charge in [0.25, 0.3) is 0 Å². The van der Waals surface area contributed by atoms with Crippen molar-refractivity contribution in [3.05, 3.63) is 33.5 Å². The van der Waals surface area contributed by atoms with Gasteiger partial charge in [-0.2, -0.15) is 0 Å². The van der Waals surface area contributed by atoms with E-state index in [4.69, 9.17) is 14.2 Å². The molecule has 1 aliphatic heterocycles. The summed E-state index contributed by atoms with van der Waals surface area (Å²) in [7, 11) is 0. The van der Waals surface area contributed by atoms with Crippen LogP contribution in [0.2, 0.25) is 0 Å². The zero-order valence-electron chi connectivity index (χ0n) is 22.4. The number of ketones is 2. The van der Waals surface area contributed by atoms with Gasteiger partial charge in [0.15, 0.2) is 17.2 Å². The Balaban J connectivity index is 1.83. The van der Waals surface area contributed by atoms with Crippen LogP contribution in [0.15, 0.2) is 28.7 Å². The average molecular weight is 547 g/mol. The van der Waals surface area contributed by atoms with Gasteiger partial charge in [0.1, 0.15) is 28.8 Å². The number of Topliss-reactive ketones (excluding diaryl/α,β-unsaturated/α-hetero) is 2. The lowest BCUT2D eigenvalue weighted by Crippen LogP contribution is -2.80. The van der Waals surface area contributed by atoms with Crippen LogP contribution >= 0.6 is 11.3 Å². The number of carbonyl (C=O) groups excluding carboxylic acids is 4. The second kappa shape index (κ2) is 8.55. The molecule has 9 nitrogen and oxygen atoms in total. The minimum absolute atomic E-state index is 0.0766. The van der Waals surface area contributed by atoms with Gasteiger partial charge in [-0.15, -0.1) is 11.3 Å². The lowest BCUT2D eigenvalue weighted by molar-refractivity contribution is -0.338. The summed E-state index contributed by atoms with van der Waals surface area (Å²) in [5.74, 6) is -3.88. The number of aliphatic hydroxyl groups excluding tert-OH is 1. The number of fused-ring (bicyclic) bond motifs is 5. The van der Waals surface area contributed by atoms with E-state index in [0.29, 0.717) is 6.42 Å². The minimum atomic E-state index is -2.04. The molecule has 6 unspecified atom stereocenters. The zero-order valence-corrected chi connectivity index (χ0v) is 23.2. The van der Waals surface area contributed by atoms with Gasteiger partial charge >= 0.3 is 11.9 Å². The maximum absolute atomic E-state index is 14.4. The fourth-order valence-corrected chi connectivity index (χ4v) is 8.19. The number of ether oxygens (including phenoxy) is 3. The van der Waals surface area contributed by atoms with Crippen LogP contribution in [0, 0.1) is 22.7 Å². The van der Waals surface area contributed by atoms with Crippen LogP contribution in [0.25, 0.3) is 0 Å². The quantitative estimate of drug-likeness (QED) is 0.548. The van der Waals surface area contributed by atoms with Crippen molar-refractivity contribution < 1.29 is 43.6 Å². The van der Waals surface area contributed by atoms with Gasteiger partial charge in [-0.05, 0) is 41.9 Å². The molecule has 1 aromatic rings. The molecule has 38 heavy (non-hydrogen) atoms. The Labute approximate surface area is 225 Å². The number of rotatable bonds is 3. The maximum atomic E-state index is 14.4. The molecule has 3 aliphatic carbocycles. The Morgan fingerprint density at radius 1 is 1.21 bits per heavy atom. The van der Waals surface area contributed by atoms with E-state index in [0.717, 1.165) is 11.3 Å². The van der Waals surface area contributed by atoms with Crippen molar-refractivity contribution in [1.29, 1.82) is 0 Å². The average Bonchev–Trinajstić information content (AvgIpc) is 3.37. The van der Waals surface area contributed by atoms with Gasteiger partial charge in [0.05, 0.1) is 12.5 Å². The summed E-state index contributed by atoms with van der Waals surface area (Å²) in [4.78, 5) is 53.9. The zero-order chi connectivity index (χ0) is 28.0. The third-order valence-corrected chi connectivity index (χ3v) is 10.8. The van der Waals surface area contributed by atoms with Crippen LogP contribution in [0.5, 0.6) is 0 Å². The number of hydrogen-bond acceptors (Lipinski definition) is 10. The highest BCUT2D eigenvalue weighted by Gasteiger charge is 2.77. The Hall–Kier alpha value is -2.40. The van der Waals surface area contributed by atoms with Crippen LogP contribution in [0.4, 0.5) is 0 Å². The van der Waals surface area contributed by atoms with Gasteiger partial charge in [0.2, 0.25) is 0 Å². The molecule has 3 fully saturated rings. The smallest absolute Gasteiger partial charge is 0.348 e. The van der Waals surface area contributed by atoms with E-state index in [1.165, 1.54) is 6.92 Å². The Morgan fingerprint density at radius 3 is 2.45 bits per heavy atom. The van der Waals surface area contributed by atoms with Gasteiger partial charge in [0, 0.05) is 24.2 Å². The standard InChI is InChI=1S/C28H34O9S/c1-13-10-18-27(12-35-18,37-15(3)29)21-23(36-24(33)17-8-7-9-38-17)28(34)11-16(30)14(2)19(25(28,4)5)20(31)22(32)26(13,21)6/h7-9,13,18,20-21,23,31,34H,10-12H2,1-6H3/t13-,18?,20?,21?,23?,26+,27?,28?/m0/s1. The molecule has 1 aromatic heterocycles. The molecule has 8 atom stereocenters. The highest BCUT2D eigenvalue weighted by Crippen LogP contribution is 2.64. The van der Waals surface area contributed by atoms with E-state index in [9.17, 15) is 29.4 Å². The van der Waals surface area contributed by atoms with Crippen molar-refractivity contribution in [1.82, 2.24) is 0 Å². The van der Waals surface area contributed by atoms with E-state index < -0.39 is 82.1 Å². The summed E-state index contributed by atoms with van der Waals surface area (Å²) >= 11 is 1.16. The summed E-state index contributed by atoms with van der Waals surface area (Å²) in [5.41, 5.74) is -5.88. The summed E-state index contributed by atoms with van der Waals surface area (Å²) in [5, 5.41) is 25.9. The molecule has 2 bridgehead atoms. The Bertz CT molecular complexity index is 1250. The van der Waals surface area contributed by atoms with E-state index in [1.807, 2.05) is 6.92 Å². The van der Waals surface area contributed by atoms with Crippen LogP contribution in [-0.2, 0) is 28.6 Å². The van der Waals surface area contributed by atoms with E-state index >= 15 is 0 Å². The molecule has 0 aromatic carbocycles. The molecule has 0 spiro atoms. The number of hydrogen-bond donors (Lipinski definition) is 2. The Morgan fingerprint density at radius 2 is 1.89 bits per heavy atom. The van der Waals surface area contributed by atoms with Crippen molar-refractivity contribution in [3.8, 4) is 0 Å². The molecular formula is C28H34O9S. The lowest BCUT2D eigenvalue weighted by atomic mass is 9.43. The lowest BCUT2D eigenvalue weighted by Gasteiger charge is -2.67. The molecule has 2 saturated carbocycles. The van der Waals surface area contributed by atoms with Crippen LogP contribution in [-0.4, -0.2) is 69.8 Å². The molecule has 4 aliphatic rings. The number of carbonyl (C=O) groups is 4. The normalized spacial score (nSPS) is 41.7. The first-order chi connectivity index (χ1) is 17.6. The van der Waals surface area contributed by atoms with Crippen molar-refractivity contribution in [2.45, 2.75) is 83.9 Å². The maximum Gasteiger partial charge on any atom is 0.348 e. The molecule has 0 radical (unpaired) electrons. The number of allylic oxidation sites excluding steroid dienone is 1. The fraction of sp³-hybridized carbons (Fsp3) is 0.643. The molecule has 5 rings (SSSR count). The molecule has 2 heterocycles. The molecule has 206 valence electrons. The first-order valence-electron chi connectivity index (χ1n) is 12.9. The monoisotopic (exact) mass is 546 g/mol. The fourth-order valence-electron chi connectivity index (χ4n) is 7.58. The summed E-state index contributed by atoms with van der Waals surface area (Å²) in [6.07, 6.45) is -3.80. The summed E-state index contributed by atoms with van der Waals surface area (Å²) < 4.78 is 18.0. The number of thiophene rings is 1. The first kappa shape index (κ1) is 27.2. The van der Waals surface area contributed by atoms with Crippen molar-refractivity contribution in [2.24, 2.45) is 22.7 Å². The second-order valence-electron chi connectivity index (χ2n) is 12.0. The van der Waals surface area contributed by atoms with E-state index in [-0.39, 0.29) is 22.6 Å². The largest absolute Gasteiger partial charge is 0.455 e. The number of esters is 2. The first-order valence-corrected chi connectivity index (χ1v) is 13.8. The third-order valence-electron chi connectivity index (χ3n) is 9.94. The van der Waals surface area contributed by atoms with Crippen LogP contribution < -0.4 is 0 Å². The van der Waals surface area contributed by atoms with Crippen molar-refractivity contribution in [3.63, 3.8) is 0 Å². The van der Waals surface area contributed by atoms with E-state index in [2.05, 4.69) is 0 Å². The van der Waals surface area contributed by atoms with Crippen LogP contribution in [0.3, 0.4) is 0 Å². The summed E-state index contributed by atoms with van der Waals surface area (Å²) in [6.45, 7) is 9.52. The number of aliphatic hydroxyl groups is 2. The van der Waals surface area contributed by atoms with Gasteiger partial charge in [-0.1, -0.05) is 33.8 Å². The third kappa shape index (κ3) is 3.33. The highest BCUT2D eigenvalue weighted by molar-refractivity contribution is 7.11.